The van der Waals surface area contributed by atoms with E-state index in [1.807, 2.05) is 0 Å². The maximum Gasteiger partial charge on any atom is 0.337 e. The monoisotopic (exact) mass is 286 g/mol. The second-order valence-corrected chi connectivity index (χ2v) is 4.07. The number of amides is 1. The molecule has 1 N–H and O–H groups in total. The number of hydrogen-bond donors (Lipinski definition) is 1. The molecule has 6 heteroatoms. The van der Waals surface area contributed by atoms with E-state index < -0.39 is 5.97 Å². The number of nitrogens with zero attached hydrogens (tertiary/aromatic N) is 1. The number of benzene rings is 1. The van der Waals surface area contributed by atoms with E-state index in [-0.39, 0.29) is 12.5 Å². The zero-order valence-corrected chi connectivity index (χ0v) is 11.4. The van der Waals surface area contributed by atoms with Crippen LogP contribution < -0.4 is 10.1 Å². The molecule has 1 aromatic carbocycles. The quantitative estimate of drug-likeness (QED) is 0.849. The first kappa shape index (κ1) is 14.5. The maximum atomic E-state index is 11.7. The predicted molar refractivity (Wildman–Crippen MR) is 76.1 cm³/mol. The van der Waals surface area contributed by atoms with Crippen molar-refractivity contribution in [2.45, 2.75) is 0 Å². The van der Waals surface area contributed by atoms with Crippen molar-refractivity contribution < 1.29 is 19.1 Å². The summed E-state index contributed by atoms with van der Waals surface area (Å²) in [5.41, 5.74) is 0.419. The molecule has 6 nitrogen and oxygen atoms in total. The van der Waals surface area contributed by atoms with Crippen molar-refractivity contribution in [3.63, 3.8) is 0 Å². The lowest BCUT2D eigenvalue weighted by Crippen LogP contribution is -2.20. The van der Waals surface area contributed by atoms with E-state index in [1.165, 1.54) is 7.11 Å². The van der Waals surface area contributed by atoms with Crippen LogP contribution in [0, 0.1) is 0 Å². The number of carbonyl (C=O) groups excluding carboxylic acids is 2. The summed E-state index contributed by atoms with van der Waals surface area (Å²) in [6.45, 7) is -0.145. The molecule has 2 rings (SSSR count). The summed E-state index contributed by atoms with van der Waals surface area (Å²) in [7, 11) is 1.31. The van der Waals surface area contributed by atoms with Crippen molar-refractivity contribution in [1.82, 2.24) is 4.98 Å². The summed E-state index contributed by atoms with van der Waals surface area (Å²) in [6, 6.07) is 11.5. The highest BCUT2D eigenvalue weighted by Crippen LogP contribution is 2.13. The predicted octanol–water partition coefficient (Wildman–Crippen LogP) is 1.89. The number of nitrogens with one attached hydrogen (secondary N) is 1. The fraction of sp³-hybridized carbons (Fsp3) is 0.133. The van der Waals surface area contributed by atoms with Gasteiger partial charge in [0.1, 0.15) is 11.6 Å². The van der Waals surface area contributed by atoms with Gasteiger partial charge in [-0.2, -0.15) is 0 Å². The van der Waals surface area contributed by atoms with E-state index >= 15 is 0 Å². The van der Waals surface area contributed by atoms with Crippen LogP contribution in [-0.2, 0) is 9.53 Å². The second kappa shape index (κ2) is 7.04. The van der Waals surface area contributed by atoms with Gasteiger partial charge in [0, 0.05) is 6.20 Å². The summed E-state index contributed by atoms with van der Waals surface area (Å²) in [4.78, 5) is 26.9. The Labute approximate surface area is 121 Å². The van der Waals surface area contributed by atoms with Gasteiger partial charge >= 0.3 is 5.97 Å². The summed E-state index contributed by atoms with van der Waals surface area (Å²) >= 11 is 0. The molecule has 2 aromatic rings. The van der Waals surface area contributed by atoms with Gasteiger partial charge in [-0.3, -0.25) is 4.79 Å². The van der Waals surface area contributed by atoms with E-state index in [9.17, 15) is 9.59 Å². The number of hydrogen-bond acceptors (Lipinski definition) is 5. The summed E-state index contributed by atoms with van der Waals surface area (Å²) in [5.74, 6) is 0.214. The van der Waals surface area contributed by atoms with Crippen molar-refractivity contribution in [3.05, 3.63) is 54.2 Å². The summed E-state index contributed by atoms with van der Waals surface area (Å²) in [5, 5.41) is 2.60. The van der Waals surface area contributed by atoms with E-state index in [4.69, 9.17) is 4.74 Å². The first-order valence-electron chi connectivity index (χ1n) is 6.21. The maximum absolute atomic E-state index is 11.7. The highest BCUT2D eigenvalue weighted by molar-refractivity contribution is 5.91. The van der Waals surface area contributed by atoms with Crippen molar-refractivity contribution in [2.75, 3.05) is 19.0 Å². The molecule has 0 aliphatic heterocycles. The highest BCUT2D eigenvalue weighted by atomic mass is 16.5. The van der Waals surface area contributed by atoms with Crippen LogP contribution in [0.25, 0.3) is 0 Å². The van der Waals surface area contributed by atoms with E-state index in [1.54, 1.807) is 48.7 Å². The Morgan fingerprint density at radius 1 is 1.14 bits per heavy atom. The first-order chi connectivity index (χ1) is 10.2. The van der Waals surface area contributed by atoms with Crippen molar-refractivity contribution in [1.29, 1.82) is 0 Å². The molecule has 0 atom stereocenters. The first-order valence-corrected chi connectivity index (χ1v) is 6.21. The van der Waals surface area contributed by atoms with Crippen LogP contribution >= 0.6 is 0 Å². The molecule has 0 bridgehead atoms. The van der Waals surface area contributed by atoms with Gasteiger partial charge in [0.15, 0.2) is 6.61 Å². The molecule has 0 saturated heterocycles. The van der Waals surface area contributed by atoms with Crippen LogP contribution in [-0.4, -0.2) is 30.6 Å². The van der Waals surface area contributed by atoms with Gasteiger partial charge in [-0.25, -0.2) is 9.78 Å². The molecule has 1 aromatic heterocycles. The van der Waals surface area contributed by atoms with Gasteiger partial charge in [0.2, 0.25) is 0 Å². The third kappa shape index (κ3) is 4.31. The zero-order valence-electron chi connectivity index (χ0n) is 11.4. The fourth-order valence-electron chi connectivity index (χ4n) is 1.57. The third-order valence-corrected chi connectivity index (χ3v) is 2.58. The molecule has 0 saturated carbocycles. The van der Waals surface area contributed by atoms with E-state index in [0.717, 1.165) is 0 Å². The number of ether oxygens (including phenoxy) is 2. The SMILES string of the molecule is COC(=O)c1ccc(OCC(=O)Nc2ccccn2)cc1. The number of carbonyl (C=O) groups is 2. The van der Waals surface area contributed by atoms with E-state index in [0.29, 0.717) is 17.1 Å². The number of rotatable bonds is 5. The molecule has 0 aliphatic carbocycles. The molecule has 0 aliphatic rings. The van der Waals surface area contributed by atoms with Gasteiger partial charge in [0.05, 0.1) is 12.7 Å². The lowest BCUT2D eigenvalue weighted by atomic mass is 10.2. The molecule has 1 amide bonds. The molecular formula is C15H14N2O4. The van der Waals surface area contributed by atoms with Crippen molar-refractivity contribution in [2.24, 2.45) is 0 Å². The number of methoxy groups -OCH3 is 1. The normalized spacial score (nSPS) is 9.76. The minimum absolute atomic E-state index is 0.145. The molecule has 1 heterocycles. The average Bonchev–Trinajstić information content (AvgIpc) is 2.53. The molecule has 0 spiro atoms. The summed E-state index contributed by atoms with van der Waals surface area (Å²) in [6.07, 6.45) is 1.59. The fourth-order valence-corrected chi connectivity index (χ4v) is 1.57. The molecule has 0 fully saturated rings. The molecule has 0 radical (unpaired) electrons. The third-order valence-electron chi connectivity index (χ3n) is 2.58. The molecule has 0 unspecified atom stereocenters. The number of aromatic nitrogens is 1. The van der Waals surface area contributed by atoms with Crippen LogP contribution in [0.1, 0.15) is 10.4 Å². The number of pyridine rings is 1. The lowest BCUT2D eigenvalue weighted by Gasteiger charge is -2.07. The second-order valence-electron chi connectivity index (χ2n) is 4.07. The Morgan fingerprint density at radius 3 is 2.52 bits per heavy atom. The Balaban J connectivity index is 1.85. The minimum atomic E-state index is -0.422. The number of anilines is 1. The Hall–Kier alpha value is -2.89. The average molecular weight is 286 g/mol. The van der Waals surface area contributed by atoms with Crippen LogP contribution in [0.15, 0.2) is 48.7 Å². The van der Waals surface area contributed by atoms with Crippen molar-refractivity contribution >= 4 is 17.7 Å². The molecule has 108 valence electrons. The van der Waals surface area contributed by atoms with Crippen molar-refractivity contribution in [3.8, 4) is 5.75 Å². The smallest absolute Gasteiger partial charge is 0.337 e. The standard InChI is InChI=1S/C15H14N2O4/c1-20-15(19)11-5-7-12(8-6-11)21-10-14(18)17-13-4-2-3-9-16-13/h2-9H,10H2,1H3,(H,16,17,18). The van der Waals surface area contributed by atoms with Crippen LogP contribution in [0.5, 0.6) is 5.75 Å². The van der Waals surface area contributed by atoms with Gasteiger partial charge < -0.3 is 14.8 Å². The van der Waals surface area contributed by atoms with Crippen LogP contribution in [0.3, 0.4) is 0 Å². The zero-order chi connectivity index (χ0) is 15.1. The van der Waals surface area contributed by atoms with Gasteiger partial charge in [0.25, 0.3) is 5.91 Å². The number of esters is 1. The lowest BCUT2D eigenvalue weighted by molar-refractivity contribution is -0.118. The summed E-state index contributed by atoms with van der Waals surface area (Å²) < 4.78 is 9.91. The van der Waals surface area contributed by atoms with E-state index in [2.05, 4.69) is 15.0 Å². The minimum Gasteiger partial charge on any atom is -0.484 e. The van der Waals surface area contributed by atoms with Crippen LogP contribution in [0.4, 0.5) is 5.82 Å². The Morgan fingerprint density at radius 2 is 1.90 bits per heavy atom. The topological polar surface area (TPSA) is 77.5 Å². The van der Waals surface area contributed by atoms with Gasteiger partial charge in [-0.05, 0) is 36.4 Å². The Kier molecular flexibility index (Phi) is 4.87. The Bertz CT molecular complexity index is 611. The van der Waals surface area contributed by atoms with Gasteiger partial charge in [-0.1, -0.05) is 6.07 Å². The molecular weight excluding hydrogens is 272 g/mol. The van der Waals surface area contributed by atoms with Gasteiger partial charge in [-0.15, -0.1) is 0 Å². The molecule has 21 heavy (non-hydrogen) atoms. The highest BCUT2D eigenvalue weighted by Gasteiger charge is 2.07. The van der Waals surface area contributed by atoms with Crippen LogP contribution in [0.2, 0.25) is 0 Å². The largest absolute Gasteiger partial charge is 0.484 e.